The molecule has 0 radical (unpaired) electrons. The number of hydrogen-bond acceptors (Lipinski definition) is 3. The van der Waals surface area contributed by atoms with Gasteiger partial charge in [-0.25, -0.2) is 4.98 Å². The number of carbonyl (C=O) groups excluding carboxylic acids is 1. The van der Waals surface area contributed by atoms with Crippen molar-refractivity contribution in [2.75, 3.05) is 0 Å². The molecule has 0 saturated heterocycles. The van der Waals surface area contributed by atoms with Crippen LogP contribution in [0.1, 0.15) is 17.4 Å². The lowest BCUT2D eigenvalue weighted by atomic mass is 10.4. The van der Waals surface area contributed by atoms with E-state index in [9.17, 15) is 4.79 Å². The van der Waals surface area contributed by atoms with Gasteiger partial charge in [-0.15, -0.1) is 0 Å². The molecule has 0 aromatic carbocycles. The Morgan fingerprint density at radius 3 is 2.60 bits per heavy atom. The normalized spacial score (nSPS) is 9.90. The fourth-order valence-electron chi connectivity index (χ4n) is 0.494. The van der Waals surface area contributed by atoms with Crippen LogP contribution in [0.2, 0.25) is 4.34 Å². The number of halogens is 2. The predicted octanol–water partition coefficient (Wildman–Crippen LogP) is 2.60. The lowest BCUT2D eigenvalue weighted by molar-refractivity contribution is 0.101. The molecule has 0 spiro atoms. The number of thiazole rings is 1. The average Bonchev–Trinajstić information content (AvgIpc) is 2.10. The standard InChI is InChI=1S/C5H3ClINOS/c1-2(9)3-4(6)10-5(7)8-3/h1H3. The highest BCUT2D eigenvalue weighted by atomic mass is 127. The summed E-state index contributed by atoms with van der Waals surface area (Å²) in [6, 6.07) is 0. The highest BCUT2D eigenvalue weighted by Crippen LogP contribution is 2.25. The van der Waals surface area contributed by atoms with E-state index >= 15 is 0 Å². The lowest BCUT2D eigenvalue weighted by Crippen LogP contribution is -1.92. The number of rotatable bonds is 1. The number of nitrogens with zero attached hydrogens (tertiary/aromatic N) is 1. The summed E-state index contributed by atoms with van der Waals surface area (Å²) in [5, 5.41) is 0. The van der Waals surface area contributed by atoms with Crippen LogP contribution in [0.25, 0.3) is 0 Å². The Labute approximate surface area is 80.7 Å². The maximum Gasteiger partial charge on any atom is 0.180 e. The molecule has 0 aliphatic rings. The van der Waals surface area contributed by atoms with Crippen molar-refractivity contribution in [3.63, 3.8) is 0 Å². The van der Waals surface area contributed by atoms with Crippen LogP contribution in [-0.2, 0) is 0 Å². The van der Waals surface area contributed by atoms with Crippen LogP contribution in [-0.4, -0.2) is 10.8 Å². The van der Waals surface area contributed by atoms with Crippen molar-refractivity contribution in [3.05, 3.63) is 13.0 Å². The molecule has 1 rings (SSSR count). The Balaban J connectivity index is 3.15. The first-order valence-electron chi connectivity index (χ1n) is 2.44. The van der Waals surface area contributed by atoms with Gasteiger partial charge in [0.25, 0.3) is 0 Å². The Bertz CT molecular complexity index is 273. The topological polar surface area (TPSA) is 30.0 Å². The van der Waals surface area contributed by atoms with Gasteiger partial charge >= 0.3 is 0 Å². The SMILES string of the molecule is CC(=O)c1nc(I)sc1Cl. The van der Waals surface area contributed by atoms with Crippen LogP contribution in [0, 0.1) is 3.01 Å². The van der Waals surface area contributed by atoms with Gasteiger partial charge in [-0.05, 0) is 22.6 Å². The number of aromatic nitrogens is 1. The molecular weight excluding hydrogens is 284 g/mol. The molecule has 1 aromatic heterocycles. The van der Waals surface area contributed by atoms with Crippen molar-refractivity contribution in [2.24, 2.45) is 0 Å². The molecule has 0 aliphatic carbocycles. The first-order valence-corrected chi connectivity index (χ1v) is 4.71. The van der Waals surface area contributed by atoms with Crippen LogP contribution < -0.4 is 0 Å². The molecule has 54 valence electrons. The minimum atomic E-state index is -0.0795. The van der Waals surface area contributed by atoms with Crippen molar-refractivity contribution in [1.29, 1.82) is 0 Å². The summed E-state index contributed by atoms with van der Waals surface area (Å²) in [6.07, 6.45) is 0. The molecule has 0 atom stereocenters. The maximum atomic E-state index is 10.7. The van der Waals surface area contributed by atoms with Gasteiger partial charge < -0.3 is 0 Å². The predicted molar refractivity (Wildman–Crippen MR) is 49.8 cm³/mol. The molecule has 10 heavy (non-hydrogen) atoms. The average molecular weight is 288 g/mol. The summed E-state index contributed by atoms with van der Waals surface area (Å²) in [6.45, 7) is 1.46. The Morgan fingerprint density at radius 1 is 1.80 bits per heavy atom. The van der Waals surface area contributed by atoms with E-state index < -0.39 is 0 Å². The Kier molecular flexibility index (Phi) is 2.65. The maximum absolute atomic E-state index is 10.7. The molecule has 0 N–H and O–H groups in total. The molecule has 2 nitrogen and oxygen atoms in total. The van der Waals surface area contributed by atoms with Crippen LogP contribution in [0.3, 0.4) is 0 Å². The second-order valence-corrected chi connectivity index (χ2v) is 5.00. The lowest BCUT2D eigenvalue weighted by Gasteiger charge is -1.83. The zero-order chi connectivity index (χ0) is 7.72. The molecule has 0 fully saturated rings. The Hall–Kier alpha value is 0.320. The van der Waals surface area contributed by atoms with Gasteiger partial charge in [0.1, 0.15) is 10.0 Å². The second kappa shape index (κ2) is 3.15. The quantitative estimate of drug-likeness (QED) is 0.587. The van der Waals surface area contributed by atoms with E-state index in [0.29, 0.717) is 10.0 Å². The first kappa shape index (κ1) is 8.42. The molecule has 0 saturated carbocycles. The summed E-state index contributed by atoms with van der Waals surface area (Å²) in [7, 11) is 0. The van der Waals surface area contributed by atoms with Crippen LogP contribution >= 0.6 is 45.5 Å². The van der Waals surface area contributed by atoms with E-state index in [2.05, 4.69) is 4.98 Å². The third-order valence-electron chi connectivity index (χ3n) is 0.893. The van der Waals surface area contributed by atoms with Gasteiger partial charge in [0.15, 0.2) is 8.80 Å². The fourth-order valence-corrected chi connectivity index (χ4v) is 2.75. The van der Waals surface area contributed by atoms with E-state index in [0.717, 1.165) is 3.01 Å². The van der Waals surface area contributed by atoms with E-state index in [4.69, 9.17) is 11.6 Å². The van der Waals surface area contributed by atoms with Crippen LogP contribution in [0.4, 0.5) is 0 Å². The fraction of sp³-hybridized carbons (Fsp3) is 0.200. The molecule has 0 bridgehead atoms. The number of Topliss-reactive ketones (excluding diaryl/α,β-unsaturated/α-hetero) is 1. The third-order valence-corrected chi connectivity index (χ3v) is 2.84. The van der Waals surface area contributed by atoms with Crippen LogP contribution in [0.15, 0.2) is 0 Å². The van der Waals surface area contributed by atoms with Crippen molar-refractivity contribution in [2.45, 2.75) is 6.92 Å². The van der Waals surface area contributed by atoms with E-state index in [1.165, 1.54) is 18.3 Å². The van der Waals surface area contributed by atoms with Crippen molar-refractivity contribution >= 4 is 51.3 Å². The molecule has 0 aliphatic heterocycles. The number of ketones is 1. The van der Waals surface area contributed by atoms with E-state index in [-0.39, 0.29) is 5.78 Å². The molecule has 1 heterocycles. The summed E-state index contributed by atoms with van der Waals surface area (Å²) in [5.74, 6) is -0.0795. The van der Waals surface area contributed by atoms with Crippen molar-refractivity contribution < 1.29 is 4.79 Å². The minimum absolute atomic E-state index is 0.0795. The van der Waals surface area contributed by atoms with Gasteiger partial charge in [-0.3, -0.25) is 4.79 Å². The molecule has 5 heteroatoms. The molecule has 0 unspecified atom stereocenters. The highest BCUT2D eigenvalue weighted by molar-refractivity contribution is 14.1. The van der Waals surface area contributed by atoms with Crippen LogP contribution in [0.5, 0.6) is 0 Å². The van der Waals surface area contributed by atoms with Gasteiger partial charge in [-0.2, -0.15) is 0 Å². The minimum Gasteiger partial charge on any atom is -0.293 e. The molecular formula is C5H3ClINOS. The second-order valence-electron chi connectivity index (χ2n) is 1.65. The summed E-state index contributed by atoms with van der Waals surface area (Å²) < 4.78 is 1.28. The number of hydrogen-bond donors (Lipinski definition) is 0. The van der Waals surface area contributed by atoms with Gasteiger partial charge in [0.2, 0.25) is 0 Å². The largest absolute Gasteiger partial charge is 0.293 e. The third kappa shape index (κ3) is 1.67. The molecule has 1 aromatic rings. The summed E-state index contributed by atoms with van der Waals surface area (Å²) >= 11 is 9.02. The zero-order valence-corrected chi connectivity index (χ0v) is 8.75. The molecule has 0 amide bonds. The van der Waals surface area contributed by atoms with Crippen molar-refractivity contribution in [3.8, 4) is 0 Å². The van der Waals surface area contributed by atoms with Gasteiger partial charge in [0.05, 0.1) is 0 Å². The van der Waals surface area contributed by atoms with Gasteiger partial charge in [-0.1, -0.05) is 22.9 Å². The first-order chi connectivity index (χ1) is 4.61. The number of carbonyl (C=O) groups is 1. The van der Waals surface area contributed by atoms with Crippen molar-refractivity contribution in [1.82, 2.24) is 4.98 Å². The van der Waals surface area contributed by atoms with E-state index in [1.807, 2.05) is 22.6 Å². The van der Waals surface area contributed by atoms with Gasteiger partial charge in [0, 0.05) is 6.92 Å². The highest BCUT2D eigenvalue weighted by Gasteiger charge is 2.10. The monoisotopic (exact) mass is 287 g/mol. The summed E-state index contributed by atoms with van der Waals surface area (Å²) in [4.78, 5) is 14.7. The zero-order valence-electron chi connectivity index (χ0n) is 5.02. The summed E-state index contributed by atoms with van der Waals surface area (Å²) in [5.41, 5.74) is 0.385. The van der Waals surface area contributed by atoms with E-state index in [1.54, 1.807) is 0 Å². The Morgan fingerprint density at radius 2 is 2.40 bits per heavy atom. The smallest absolute Gasteiger partial charge is 0.180 e.